The zero-order valence-corrected chi connectivity index (χ0v) is 25.7. The summed E-state index contributed by atoms with van der Waals surface area (Å²) in [5.41, 5.74) is 7.88. The van der Waals surface area contributed by atoms with Crippen LogP contribution in [0.5, 0.6) is 5.75 Å². The van der Waals surface area contributed by atoms with E-state index in [-0.39, 0.29) is 5.92 Å². The number of alkyl halides is 1. The SMILES string of the molecule is CCCn1c(C#CCNc2ccc(SC)cc2OC)cc(=C\N)/c1=C\CCC1CCN(CC(C)COC)CC1F. The summed E-state index contributed by atoms with van der Waals surface area (Å²) in [7, 11) is 3.40. The molecule has 1 aromatic heterocycles. The van der Waals surface area contributed by atoms with Gasteiger partial charge in [0.05, 0.1) is 25.0 Å². The van der Waals surface area contributed by atoms with Crippen molar-refractivity contribution in [3.05, 3.63) is 40.5 Å². The minimum Gasteiger partial charge on any atom is -0.495 e. The minimum atomic E-state index is -0.788. The molecule has 6 nitrogen and oxygen atoms in total. The van der Waals surface area contributed by atoms with Crippen LogP contribution in [-0.4, -0.2) is 68.9 Å². The van der Waals surface area contributed by atoms with Crippen LogP contribution in [0.4, 0.5) is 10.1 Å². The zero-order valence-electron chi connectivity index (χ0n) is 24.8. The zero-order chi connectivity index (χ0) is 28.9. The van der Waals surface area contributed by atoms with Crippen molar-refractivity contribution in [2.45, 2.75) is 57.1 Å². The molecule has 2 heterocycles. The quantitative estimate of drug-likeness (QED) is 0.277. The van der Waals surface area contributed by atoms with Gasteiger partial charge in [0, 0.05) is 55.0 Å². The molecule has 3 N–H and O–H groups in total. The number of hydrogen-bond acceptors (Lipinski definition) is 6. The fourth-order valence-corrected chi connectivity index (χ4v) is 5.88. The predicted octanol–water partition coefficient (Wildman–Crippen LogP) is 4.29. The highest BCUT2D eigenvalue weighted by molar-refractivity contribution is 7.98. The third-order valence-electron chi connectivity index (χ3n) is 7.45. The maximum absolute atomic E-state index is 15.0. The molecule has 3 rings (SSSR count). The van der Waals surface area contributed by atoms with Gasteiger partial charge in [0.2, 0.25) is 0 Å². The maximum Gasteiger partial charge on any atom is 0.143 e. The Morgan fingerprint density at radius 1 is 1.30 bits per heavy atom. The van der Waals surface area contributed by atoms with Gasteiger partial charge < -0.3 is 30.0 Å². The average Bonchev–Trinajstić information content (AvgIpc) is 3.28. The fourth-order valence-electron chi connectivity index (χ4n) is 5.45. The lowest BCUT2D eigenvalue weighted by molar-refractivity contribution is 0.0584. The summed E-state index contributed by atoms with van der Waals surface area (Å²) in [6, 6.07) is 8.17. The highest BCUT2D eigenvalue weighted by atomic mass is 32.2. The lowest BCUT2D eigenvalue weighted by atomic mass is 9.90. The Hall–Kier alpha value is -2.60. The Morgan fingerprint density at radius 3 is 2.80 bits per heavy atom. The van der Waals surface area contributed by atoms with Crippen LogP contribution in [-0.2, 0) is 11.3 Å². The Morgan fingerprint density at radius 2 is 2.12 bits per heavy atom. The first-order valence-corrected chi connectivity index (χ1v) is 15.6. The number of halogens is 1. The summed E-state index contributed by atoms with van der Waals surface area (Å²) < 4.78 is 28.0. The molecule has 0 bridgehead atoms. The molecule has 0 amide bonds. The minimum absolute atomic E-state index is 0.0949. The molecule has 1 aliphatic rings. The van der Waals surface area contributed by atoms with Gasteiger partial charge in [0.1, 0.15) is 11.9 Å². The third-order valence-corrected chi connectivity index (χ3v) is 8.17. The second-order valence-electron chi connectivity index (χ2n) is 10.6. The number of aromatic nitrogens is 1. The van der Waals surface area contributed by atoms with E-state index in [1.165, 1.54) is 0 Å². The molecule has 0 saturated carbocycles. The number of methoxy groups -OCH3 is 2. The summed E-state index contributed by atoms with van der Waals surface area (Å²) in [6.07, 6.45) is 8.67. The standard InChI is InChI=1S/C32H47FN4O2S/c1-6-16-37-27(10-8-15-35-30-13-12-28(40-5)19-32(30)39-4)18-26(20-34)31(37)11-7-9-25-14-17-36(22-29(25)33)21-24(2)23-38-3/h11-13,18-20,24-25,29,35H,6-7,9,14-17,21-23,34H2,1-5H3/b26-20+,31-11+. The molecular formula is C32H47FN4O2S. The number of benzene rings is 1. The summed E-state index contributed by atoms with van der Waals surface area (Å²) in [5.74, 6) is 7.91. The van der Waals surface area contributed by atoms with Crippen molar-refractivity contribution in [1.82, 2.24) is 9.47 Å². The first kappa shape index (κ1) is 31.9. The summed E-state index contributed by atoms with van der Waals surface area (Å²) >= 11 is 1.68. The normalized spacial score (nSPS) is 19.4. The van der Waals surface area contributed by atoms with Gasteiger partial charge in [0.15, 0.2) is 0 Å². The second-order valence-corrected chi connectivity index (χ2v) is 11.5. The molecular weight excluding hydrogens is 523 g/mol. The van der Waals surface area contributed by atoms with Gasteiger partial charge in [0.25, 0.3) is 0 Å². The van der Waals surface area contributed by atoms with Crippen LogP contribution in [0.15, 0.2) is 29.2 Å². The molecule has 2 aromatic rings. The van der Waals surface area contributed by atoms with E-state index >= 15 is 4.39 Å². The molecule has 3 atom stereocenters. The van der Waals surface area contributed by atoms with Crippen molar-refractivity contribution in [2.24, 2.45) is 17.6 Å². The van der Waals surface area contributed by atoms with E-state index in [0.717, 1.165) is 77.9 Å². The van der Waals surface area contributed by atoms with Gasteiger partial charge in [-0.25, -0.2) is 4.39 Å². The Kier molecular flexibility index (Phi) is 13.3. The van der Waals surface area contributed by atoms with Gasteiger partial charge in [-0.2, -0.15) is 0 Å². The molecule has 3 unspecified atom stereocenters. The van der Waals surface area contributed by atoms with E-state index in [0.29, 0.717) is 25.6 Å². The van der Waals surface area contributed by atoms with Crippen LogP contribution >= 0.6 is 11.8 Å². The van der Waals surface area contributed by atoms with Crippen LogP contribution < -0.4 is 26.4 Å². The van der Waals surface area contributed by atoms with E-state index in [2.05, 4.69) is 58.7 Å². The predicted molar refractivity (Wildman–Crippen MR) is 167 cm³/mol. The Labute approximate surface area is 244 Å². The Balaban J connectivity index is 1.66. The molecule has 1 aliphatic heterocycles. The molecule has 0 radical (unpaired) electrons. The highest BCUT2D eigenvalue weighted by Gasteiger charge is 2.29. The van der Waals surface area contributed by atoms with Gasteiger partial charge in [-0.3, -0.25) is 0 Å². The Bertz CT molecular complexity index is 1250. The molecule has 0 aliphatic carbocycles. The van der Waals surface area contributed by atoms with Crippen molar-refractivity contribution in [3.63, 3.8) is 0 Å². The maximum atomic E-state index is 15.0. The van der Waals surface area contributed by atoms with Crippen LogP contribution in [0, 0.1) is 23.7 Å². The van der Waals surface area contributed by atoms with Crippen LogP contribution in [0.25, 0.3) is 12.3 Å². The fraction of sp³-hybridized carbons (Fsp3) is 0.562. The van der Waals surface area contributed by atoms with Crippen molar-refractivity contribution in [3.8, 4) is 17.6 Å². The molecule has 1 aromatic carbocycles. The number of anilines is 1. The van der Waals surface area contributed by atoms with E-state index < -0.39 is 6.17 Å². The second kappa shape index (κ2) is 16.6. The largest absolute Gasteiger partial charge is 0.495 e. The smallest absolute Gasteiger partial charge is 0.143 e. The van der Waals surface area contributed by atoms with E-state index in [1.807, 2.05) is 18.4 Å². The molecule has 40 heavy (non-hydrogen) atoms. The summed E-state index contributed by atoms with van der Waals surface area (Å²) in [6.45, 7) is 8.75. The first-order valence-electron chi connectivity index (χ1n) is 14.4. The van der Waals surface area contributed by atoms with Crippen molar-refractivity contribution < 1.29 is 13.9 Å². The lowest BCUT2D eigenvalue weighted by Crippen LogP contribution is -2.44. The monoisotopic (exact) mass is 570 g/mol. The summed E-state index contributed by atoms with van der Waals surface area (Å²) in [4.78, 5) is 3.40. The van der Waals surface area contributed by atoms with Crippen LogP contribution in [0.3, 0.4) is 0 Å². The number of nitrogens with two attached hydrogens (primary N) is 1. The first-order chi connectivity index (χ1) is 19.4. The van der Waals surface area contributed by atoms with Crippen LogP contribution in [0.2, 0.25) is 0 Å². The van der Waals surface area contributed by atoms with E-state index in [9.17, 15) is 0 Å². The topological polar surface area (TPSA) is 64.7 Å². The number of hydrogen-bond donors (Lipinski definition) is 2. The number of likely N-dealkylation sites (tertiary alicyclic amines) is 1. The van der Waals surface area contributed by atoms with Gasteiger partial charge in [-0.05, 0) is 80.5 Å². The highest BCUT2D eigenvalue weighted by Crippen LogP contribution is 2.29. The molecule has 220 valence electrons. The lowest BCUT2D eigenvalue weighted by Gasteiger charge is -2.35. The number of nitrogens with zero attached hydrogens (tertiary/aromatic N) is 2. The number of ether oxygens (including phenoxy) is 2. The van der Waals surface area contributed by atoms with E-state index in [4.69, 9.17) is 15.2 Å². The number of rotatable bonds is 13. The third kappa shape index (κ3) is 8.95. The van der Waals surface area contributed by atoms with Crippen molar-refractivity contribution >= 4 is 29.7 Å². The van der Waals surface area contributed by atoms with Gasteiger partial charge in [-0.15, -0.1) is 11.8 Å². The molecule has 1 saturated heterocycles. The average molecular weight is 571 g/mol. The van der Waals surface area contributed by atoms with E-state index in [1.54, 1.807) is 32.2 Å². The number of nitrogens with one attached hydrogen (secondary N) is 1. The van der Waals surface area contributed by atoms with Gasteiger partial charge >= 0.3 is 0 Å². The number of piperidine rings is 1. The van der Waals surface area contributed by atoms with Crippen LogP contribution in [0.1, 0.15) is 45.2 Å². The van der Waals surface area contributed by atoms with Crippen molar-refractivity contribution in [2.75, 3.05) is 58.6 Å². The van der Waals surface area contributed by atoms with Crippen molar-refractivity contribution in [1.29, 1.82) is 0 Å². The van der Waals surface area contributed by atoms with Gasteiger partial charge in [-0.1, -0.05) is 25.8 Å². The number of thioether (sulfide) groups is 1. The summed E-state index contributed by atoms with van der Waals surface area (Å²) in [5, 5.41) is 5.42. The molecule has 0 spiro atoms. The molecule has 8 heteroatoms. The molecule has 1 fully saturated rings.